The zero-order valence-corrected chi connectivity index (χ0v) is 29.6. The Bertz CT molecular complexity index is 3280. The van der Waals surface area contributed by atoms with E-state index in [1.807, 2.05) is 12.1 Å². The maximum absolute atomic E-state index is 6.16. The minimum absolute atomic E-state index is 0.626. The molecule has 0 saturated carbocycles. The molecule has 4 nitrogen and oxygen atoms in total. The second-order valence-electron chi connectivity index (χ2n) is 14.0. The number of hydrogen-bond donors (Lipinski definition) is 0. The van der Waals surface area contributed by atoms with Crippen LogP contribution in [0.3, 0.4) is 0 Å². The minimum Gasteiger partial charge on any atom is -0.456 e. The number of aromatic nitrogens is 3. The van der Waals surface area contributed by atoms with Crippen molar-refractivity contribution in [2.24, 2.45) is 0 Å². The van der Waals surface area contributed by atoms with Crippen LogP contribution in [0.15, 0.2) is 192 Å². The molecule has 0 atom stereocenters. The molecule has 0 spiro atoms. The summed E-state index contributed by atoms with van der Waals surface area (Å²) in [7, 11) is 0. The van der Waals surface area contributed by atoms with Crippen LogP contribution >= 0.6 is 0 Å². The summed E-state index contributed by atoms with van der Waals surface area (Å²) < 4.78 is 6.16. The first-order valence-corrected chi connectivity index (χ1v) is 18.5. The van der Waals surface area contributed by atoms with Crippen molar-refractivity contribution in [3.8, 4) is 56.4 Å². The summed E-state index contributed by atoms with van der Waals surface area (Å²) in [5.41, 5.74) is 9.14. The van der Waals surface area contributed by atoms with Gasteiger partial charge in [-0.1, -0.05) is 152 Å². The van der Waals surface area contributed by atoms with E-state index in [0.29, 0.717) is 17.5 Å². The smallest absolute Gasteiger partial charge is 0.164 e. The Hall–Kier alpha value is -7.43. The van der Waals surface area contributed by atoms with E-state index in [1.54, 1.807) is 0 Å². The molecule has 0 radical (unpaired) electrons. The number of hydrogen-bond acceptors (Lipinski definition) is 4. The third-order valence-corrected chi connectivity index (χ3v) is 10.7. The van der Waals surface area contributed by atoms with E-state index in [-0.39, 0.29) is 0 Å². The molecule has 55 heavy (non-hydrogen) atoms. The Labute approximate surface area is 317 Å². The summed E-state index contributed by atoms with van der Waals surface area (Å²) in [6.45, 7) is 0. The molecule has 2 heterocycles. The third-order valence-electron chi connectivity index (χ3n) is 10.7. The first-order valence-electron chi connectivity index (χ1n) is 18.5. The van der Waals surface area contributed by atoms with Crippen LogP contribution in [0.1, 0.15) is 0 Å². The van der Waals surface area contributed by atoms with Crippen molar-refractivity contribution in [1.29, 1.82) is 0 Å². The van der Waals surface area contributed by atoms with Gasteiger partial charge in [0.2, 0.25) is 0 Å². The Balaban J connectivity index is 1.10. The Kier molecular flexibility index (Phi) is 7.14. The molecule has 0 aliphatic rings. The zero-order chi connectivity index (χ0) is 36.3. The standard InChI is InChI=1S/C51H31N3O/c1-2-13-34-29-38(24-23-32(34)11-1)50-52-49(37-16-9-15-35(30-37)40-21-10-14-33-12-3-4-17-39(33)40)53-51(54-50)45-27-26-41(42-18-5-6-19-43(42)45)36-25-28-48-46(31-36)44-20-7-8-22-47(44)55-48/h1-31H. The van der Waals surface area contributed by atoms with Crippen LogP contribution in [0.2, 0.25) is 0 Å². The number of rotatable bonds is 5. The van der Waals surface area contributed by atoms with E-state index in [2.05, 4.69) is 176 Å². The summed E-state index contributed by atoms with van der Waals surface area (Å²) in [5, 5.41) is 9.15. The van der Waals surface area contributed by atoms with Crippen molar-refractivity contribution >= 4 is 54.3 Å². The predicted molar refractivity (Wildman–Crippen MR) is 227 cm³/mol. The fourth-order valence-electron chi connectivity index (χ4n) is 8.03. The van der Waals surface area contributed by atoms with E-state index in [1.165, 1.54) is 21.7 Å². The lowest BCUT2D eigenvalue weighted by atomic mass is 9.94. The second kappa shape index (κ2) is 12.6. The number of fused-ring (bicyclic) bond motifs is 6. The third kappa shape index (κ3) is 5.34. The number of furan rings is 1. The van der Waals surface area contributed by atoms with Crippen LogP contribution in [0.25, 0.3) is 111 Å². The molecule has 256 valence electrons. The summed E-state index contributed by atoms with van der Waals surface area (Å²) >= 11 is 0. The van der Waals surface area contributed by atoms with E-state index in [0.717, 1.165) is 71.5 Å². The lowest BCUT2D eigenvalue weighted by Gasteiger charge is -2.14. The molecule has 11 aromatic rings. The van der Waals surface area contributed by atoms with Crippen molar-refractivity contribution in [1.82, 2.24) is 15.0 Å². The molecule has 0 fully saturated rings. The molecule has 0 aliphatic heterocycles. The van der Waals surface area contributed by atoms with Gasteiger partial charge in [-0.2, -0.15) is 0 Å². The summed E-state index contributed by atoms with van der Waals surface area (Å²) in [6, 6.07) is 65.9. The van der Waals surface area contributed by atoms with E-state index >= 15 is 0 Å². The van der Waals surface area contributed by atoms with Gasteiger partial charge in [-0.15, -0.1) is 0 Å². The van der Waals surface area contributed by atoms with Crippen molar-refractivity contribution in [3.63, 3.8) is 0 Å². The van der Waals surface area contributed by atoms with Crippen LogP contribution in [0.5, 0.6) is 0 Å². The van der Waals surface area contributed by atoms with Crippen molar-refractivity contribution in [2.45, 2.75) is 0 Å². The van der Waals surface area contributed by atoms with Gasteiger partial charge in [0.05, 0.1) is 0 Å². The molecule has 2 aromatic heterocycles. The Morgan fingerprint density at radius 1 is 0.273 bits per heavy atom. The quantitative estimate of drug-likeness (QED) is 0.179. The van der Waals surface area contributed by atoms with E-state index in [9.17, 15) is 0 Å². The second-order valence-corrected chi connectivity index (χ2v) is 14.0. The van der Waals surface area contributed by atoms with Crippen molar-refractivity contribution < 1.29 is 4.42 Å². The molecule has 0 aliphatic carbocycles. The first kappa shape index (κ1) is 31.1. The highest BCUT2D eigenvalue weighted by atomic mass is 16.3. The summed E-state index contributed by atoms with van der Waals surface area (Å²) in [6.07, 6.45) is 0. The van der Waals surface area contributed by atoms with E-state index < -0.39 is 0 Å². The molecule has 11 rings (SSSR count). The fourth-order valence-corrected chi connectivity index (χ4v) is 8.03. The van der Waals surface area contributed by atoms with Gasteiger partial charge in [-0.3, -0.25) is 0 Å². The van der Waals surface area contributed by atoms with Gasteiger partial charge >= 0.3 is 0 Å². The van der Waals surface area contributed by atoms with Gasteiger partial charge < -0.3 is 4.42 Å². The lowest BCUT2D eigenvalue weighted by molar-refractivity contribution is 0.669. The molecule has 4 heteroatoms. The van der Waals surface area contributed by atoms with Gasteiger partial charge in [-0.05, 0) is 91.0 Å². The van der Waals surface area contributed by atoms with Crippen LogP contribution in [0.4, 0.5) is 0 Å². The highest BCUT2D eigenvalue weighted by Gasteiger charge is 2.18. The van der Waals surface area contributed by atoms with Crippen molar-refractivity contribution in [3.05, 3.63) is 188 Å². The number of nitrogens with zero attached hydrogens (tertiary/aromatic N) is 3. The normalized spacial score (nSPS) is 11.6. The molecule has 0 saturated heterocycles. The van der Waals surface area contributed by atoms with Gasteiger partial charge in [0.15, 0.2) is 17.5 Å². The first-order chi connectivity index (χ1) is 27.2. The molecular formula is C51H31N3O. The lowest BCUT2D eigenvalue weighted by Crippen LogP contribution is -2.01. The van der Waals surface area contributed by atoms with Gasteiger partial charge in [0.25, 0.3) is 0 Å². The predicted octanol–water partition coefficient (Wildman–Crippen LogP) is 13.6. The van der Waals surface area contributed by atoms with Gasteiger partial charge in [-0.25, -0.2) is 15.0 Å². The molecular weight excluding hydrogens is 671 g/mol. The van der Waals surface area contributed by atoms with Crippen LogP contribution in [0, 0.1) is 0 Å². The highest BCUT2D eigenvalue weighted by Crippen LogP contribution is 2.39. The molecule has 0 unspecified atom stereocenters. The minimum atomic E-state index is 0.626. The summed E-state index contributed by atoms with van der Waals surface area (Å²) in [4.78, 5) is 15.6. The highest BCUT2D eigenvalue weighted by molar-refractivity contribution is 6.09. The number of para-hydroxylation sites is 1. The van der Waals surface area contributed by atoms with Crippen molar-refractivity contribution in [2.75, 3.05) is 0 Å². The molecule has 0 bridgehead atoms. The van der Waals surface area contributed by atoms with Gasteiger partial charge in [0.1, 0.15) is 11.2 Å². The average molecular weight is 702 g/mol. The van der Waals surface area contributed by atoms with Gasteiger partial charge in [0, 0.05) is 27.5 Å². The molecule has 9 aromatic carbocycles. The molecule has 0 N–H and O–H groups in total. The van der Waals surface area contributed by atoms with Crippen LogP contribution in [-0.2, 0) is 0 Å². The van der Waals surface area contributed by atoms with Crippen LogP contribution in [-0.4, -0.2) is 15.0 Å². The van der Waals surface area contributed by atoms with Crippen LogP contribution < -0.4 is 0 Å². The monoisotopic (exact) mass is 701 g/mol. The average Bonchev–Trinajstić information content (AvgIpc) is 3.63. The maximum Gasteiger partial charge on any atom is 0.164 e. The topological polar surface area (TPSA) is 51.8 Å². The Morgan fingerprint density at radius 2 is 0.818 bits per heavy atom. The fraction of sp³-hybridized carbons (Fsp3) is 0. The SMILES string of the molecule is c1cc(-c2nc(-c3ccc4ccccc4c3)nc(-c3ccc(-c4ccc5oc6ccccc6c5c4)c4ccccc34)n2)cc(-c2cccc3ccccc23)c1. The maximum atomic E-state index is 6.16. The zero-order valence-electron chi connectivity index (χ0n) is 29.6. The molecule has 0 amide bonds. The Morgan fingerprint density at radius 3 is 1.67 bits per heavy atom. The summed E-state index contributed by atoms with van der Waals surface area (Å²) in [5.74, 6) is 1.88. The van der Waals surface area contributed by atoms with E-state index in [4.69, 9.17) is 19.4 Å². The largest absolute Gasteiger partial charge is 0.456 e. The number of benzene rings is 9.